The zero-order valence-corrected chi connectivity index (χ0v) is 11.8. The normalized spacial score (nSPS) is 10.4. The van der Waals surface area contributed by atoms with Crippen LogP contribution >= 0.6 is 11.3 Å². The maximum atomic E-state index is 10.9. The van der Waals surface area contributed by atoms with Gasteiger partial charge >= 0.3 is 0 Å². The Bertz CT molecular complexity index is 593. The first-order valence-corrected chi connectivity index (χ1v) is 7.04. The van der Waals surface area contributed by atoms with Crippen molar-refractivity contribution in [3.05, 3.63) is 55.8 Å². The number of benzene rings is 1. The summed E-state index contributed by atoms with van der Waals surface area (Å²) >= 11 is 1.71. The summed E-state index contributed by atoms with van der Waals surface area (Å²) in [4.78, 5) is 11.8. The van der Waals surface area contributed by atoms with E-state index < -0.39 is 0 Å². The predicted molar refractivity (Wildman–Crippen MR) is 78.9 cm³/mol. The Balaban J connectivity index is 2.12. The lowest BCUT2D eigenvalue weighted by Gasteiger charge is -2.07. The number of nitro benzene ring substituents is 1. The number of nitro groups is 1. The number of hydrogen-bond acceptors (Lipinski definition) is 4. The molecule has 0 saturated carbocycles. The van der Waals surface area contributed by atoms with Gasteiger partial charge in [0.15, 0.2) is 0 Å². The molecule has 0 aliphatic heterocycles. The summed E-state index contributed by atoms with van der Waals surface area (Å²) in [6.45, 7) is 4.58. The molecule has 1 aromatic carbocycles. The molecule has 0 fully saturated rings. The van der Waals surface area contributed by atoms with Gasteiger partial charge in [-0.3, -0.25) is 10.1 Å². The molecule has 5 heteroatoms. The molecule has 0 atom stereocenters. The fourth-order valence-electron chi connectivity index (χ4n) is 1.94. The van der Waals surface area contributed by atoms with Crippen LogP contribution < -0.4 is 5.32 Å². The van der Waals surface area contributed by atoms with Crippen molar-refractivity contribution in [3.63, 3.8) is 0 Å². The minimum Gasteiger partial charge on any atom is -0.380 e. The minimum atomic E-state index is -0.344. The SMILES string of the molecule is CCc1ccsc1CNc1ccc(C)c([N+](=O)[O-])c1. The minimum absolute atomic E-state index is 0.159. The van der Waals surface area contributed by atoms with Crippen LogP contribution in [0.1, 0.15) is 22.9 Å². The molecule has 0 saturated heterocycles. The summed E-state index contributed by atoms with van der Waals surface area (Å²) in [5.41, 5.74) is 2.96. The highest BCUT2D eigenvalue weighted by molar-refractivity contribution is 7.10. The van der Waals surface area contributed by atoms with Crippen LogP contribution in [0.3, 0.4) is 0 Å². The number of nitrogens with zero attached hydrogens (tertiary/aromatic N) is 1. The van der Waals surface area contributed by atoms with E-state index in [1.807, 2.05) is 6.07 Å². The summed E-state index contributed by atoms with van der Waals surface area (Å²) in [5, 5.41) is 16.2. The summed E-state index contributed by atoms with van der Waals surface area (Å²) in [7, 11) is 0. The van der Waals surface area contributed by atoms with Crippen LogP contribution in [0.25, 0.3) is 0 Å². The molecule has 0 unspecified atom stereocenters. The molecule has 0 bridgehead atoms. The van der Waals surface area contributed by atoms with Gasteiger partial charge in [-0.1, -0.05) is 13.0 Å². The lowest BCUT2D eigenvalue weighted by atomic mass is 10.1. The first-order valence-electron chi connectivity index (χ1n) is 6.16. The van der Waals surface area contributed by atoms with Gasteiger partial charge in [0.25, 0.3) is 5.69 Å². The molecule has 0 amide bonds. The van der Waals surface area contributed by atoms with E-state index in [1.165, 1.54) is 10.4 Å². The summed E-state index contributed by atoms with van der Waals surface area (Å²) in [6, 6.07) is 7.37. The zero-order valence-electron chi connectivity index (χ0n) is 11.0. The molecule has 0 aliphatic carbocycles. The third-order valence-corrected chi connectivity index (χ3v) is 4.04. The van der Waals surface area contributed by atoms with Crippen molar-refractivity contribution in [2.24, 2.45) is 0 Å². The summed E-state index contributed by atoms with van der Waals surface area (Å²) in [5.74, 6) is 0. The molecule has 2 aromatic rings. The Kier molecular flexibility index (Phi) is 4.16. The predicted octanol–water partition coefficient (Wildman–Crippen LogP) is 4.14. The van der Waals surface area contributed by atoms with Crippen LogP contribution in [0.2, 0.25) is 0 Å². The first kappa shape index (κ1) is 13.5. The number of aryl methyl sites for hydroxylation is 2. The van der Waals surface area contributed by atoms with Crippen molar-refractivity contribution < 1.29 is 4.92 Å². The van der Waals surface area contributed by atoms with E-state index in [4.69, 9.17) is 0 Å². The maximum Gasteiger partial charge on any atom is 0.274 e. The molecule has 4 nitrogen and oxygen atoms in total. The van der Waals surface area contributed by atoms with Crippen LogP contribution in [0, 0.1) is 17.0 Å². The third-order valence-electron chi connectivity index (χ3n) is 3.08. The Morgan fingerprint density at radius 2 is 2.16 bits per heavy atom. The fourth-order valence-corrected chi connectivity index (χ4v) is 2.85. The second-order valence-electron chi connectivity index (χ2n) is 4.33. The average Bonchev–Trinajstić information content (AvgIpc) is 2.84. The van der Waals surface area contributed by atoms with Crippen LogP contribution in [-0.4, -0.2) is 4.92 Å². The van der Waals surface area contributed by atoms with Crippen molar-refractivity contribution in [2.45, 2.75) is 26.8 Å². The number of hydrogen-bond donors (Lipinski definition) is 1. The van der Waals surface area contributed by atoms with Gasteiger partial charge < -0.3 is 5.32 Å². The van der Waals surface area contributed by atoms with Gasteiger partial charge in [0.05, 0.1) is 4.92 Å². The van der Waals surface area contributed by atoms with E-state index >= 15 is 0 Å². The molecule has 2 rings (SSSR count). The van der Waals surface area contributed by atoms with Gasteiger partial charge in [-0.15, -0.1) is 11.3 Å². The number of thiophene rings is 1. The quantitative estimate of drug-likeness (QED) is 0.659. The maximum absolute atomic E-state index is 10.9. The molecular weight excluding hydrogens is 260 g/mol. The van der Waals surface area contributed by atoms with Crippen molar-refractivity contribution >= 4 is 22.7 Å². The van der Waals surface area contributed by atoms with Gasteiger partial charge in [-0.25, -0.2) is 0 Å². The van der Waals surface area contributed by atoms with E-state index in [0.717, 1.165) is 12.1 Å². The van der Waals surface area contributed by atoms with Gasteiger partial charge in [-0.05, 0) is 36.4 Å². The highest BCUT2D eigenvalue weighted by atomic mass is 32.1. The Morgan fingerprint density at radius 1 is 1.37 bits per heavy atom. The van der Waals surface area contributed by atoms with Crippen LogP contribution in [-0.2, 0) is 13.0 Å². The fraction of sp³-hybridized carbons (Fsp3) is 0.286. The molecule has 100 valence electrons. The van der Waals surface area contributed by atoms with E-state index in [-0.39, 0.29) is 10.6 Å². The van der Waals surface area contributed by atoms with E-state index in [0.29, 0.717) is 12.1 Å². The second kappa shape index (κ2) is 5.84. The molecule has 1 N–H and O–H groups in total. The van der Waals surface area contributed by atoms with Gasteiger partial charge in [-0.2, -0.15) is 0 Å². The lowest BCUT2D eigenvalue weighted by molar-refractivity contribution is -0.385. The molecule has 0 aliphatic rings. The van der Waals surface area contributed by atoms with E-state index in [2.05, 4.69) is 23.7 Å². The number of nitrogens with one attached hydrogen (secondary N) is 1. The van der Waals surface area contributed by atoms with Crippen molar-refractivity contribution in [1.82, 2.24) is 0 Å². The Labute approximate surface area is 116 Å². The Hall–Kier alpha value is -1.88. The molecule has 1 heterocycles. The van der Waals surface area contributed by atoms with Gasteiger partial charge in [0.2, 0.25) is 0 Å². The summed E-state index contributed by atoms with van der Waals surface area (Å²) in [6.07, 6.45) is 1.01. The molecule has 19 heavy (non-hydrogen) atoms. The zero-order chi connectivity index (χ0) is 13.8. The van der Waals surface area contributed by atoms with Crippen molar-refractivity contribution in [2.75, 3.05) is 5.32 Å². The standard InChI is InChI=1S/C14H16N2O2S/c1-3-11-6-7-19-14(11)9-15-12-5-4-10(2)13(8-12)16(17)18/h4-8,15H,3,9H2,1-2H3. The van der Waals surface area contributed by atoms with Crippen LogP contribution in [0.15, 0.2) is 29.6 Å². The second-order valence-corrected chi connectivity index (χ2v) is 5.34. The van der Waals surface area contributed by atoms with E-state index in [9.17, 15) is 10.1 Å². The molecule has 0 spiro atoms. The van der Waals surface area contributed by atoms with Crippen molar-refractivity contribution in [1.29, 1.82) is 0 Å². The highest BCUT2D eigenvalue weighted by Gasteiger charge is 2.11. The molecule has 1 aromatic heterocycles. The smallest absolute Gasteiger partial charge is 0.274 e. The monoisotopic (exact) mass is 276 g/mol. The van der Waals surface area contributed by atoms with Crippen LogP contribution in [0.5, 0.6) is 0 Å². The van der Waals surface area contributed by atoms with Crippen LogP contribution in [0.4, 0.5) is 11.4 Å². The van der Waals surface area contributed by atoms with Gasteiger partial charge in [0.1, 0.15) is 0 Å². The third kappa shape index (κ3) is 3.12. The largest absolute Gasteiger partial charge is 0.380 e. The van der Waals surface area contributed by atoms with E-state index in [1.54, 1.807) is 30.4 Å². The molecular formula is C14H16N2O2S. The first-order chi connectivity index (χ1) is 9.11. The number of anilines is 1. The summed E-state index contributed by atoms with van der Waals surface area (Å²) < 4.78 is 0. The van der Waals surface area contributed by atoms with Crippen molar-refractivity contribution in [3.8, 4) is 0 Å². The molecule has 0 radical (unpaired) electrons. The topological polar surface area (TPSA) is 55.2 Å². The van der Waals surface area contributed by atoms with Gasteiger partial charge in [0, 0.05) is 28.7 Å². The lowest BCUT2D eigenvalue weighted by Crippen LogP contribution is -2.01. The highest BCUT2D eigenvalue weighted by Crippen LogP contribution is 2.24. The average molecular weight is 276 g/mol. The Morgan fingerprint density at radius 3 is 2.84 bits per heavy atom. The number of rotatable bonds is 5.